The summed E-state index contributed by atoms with van der Waals surface area (Å²) in [7, 11) is 0. The van der Waals surface area contributed by atoms with E-state index in [9.17, 15) is 4.79 Å². The molecule has 0 fully saturated rings. The molecule has 4 nitrogen and oxygen atoms in total. The van der Waals surface area contributed by atoms with E-state index in [1.54, 1.807) is 36.2 Å². The maximum atomic E-state index is 12.7. The second-order valence-electron chi connectivity index (χ2n) is 5.60. The van der Waals surface area contributed by atoms with Crippen molar-refractivity contribution in [3.05, 3.63) is 78.5 Å². The highest BCUT2D eigenvalue weighted by atomic mass is 32.2. The minimum absolute atomic E-state index is 0.173. The smallest absolute Gasteiger partial charge is 0.258 e. The molecule has 0 bridgehead atoms. The lowest BCUT2D eigenvalue weighted by Gasteiger charge is -2.10. The Kier molecular flexibility index (Phi) is 6.28. The van der Waals surface area contributed by atoms with Crippen molar-refractivity contribution in [3.63, 3.8) is 0 Å². The van der Waals surface area contributed by atoms with Crippen LogP contribution in [0.1, 0.15) is 23.7 Å². The summed E-state index contributed by atoms with van der Waals surface area (Å²) in [6.07, 6.45) is 2.74. The van der Waals surface area contributed by atoms with Gasteiger partial charge in [0, 0.05) is 18.0 Å². The monoisotopic (exact) mass is 364 g/mol. The first-order chi connectivity index (χ1) is 12.8. The number of nitrogens with one attached hydrogen (secondary N) is 1. The predicted octanol–water partition coefficient (Wildman–Crippen LogP) is 5.63. The van der Waals surface area contributed by atoms with Gasteiger partial charge in [-0.05, 0) is 48.6 Å². The van der Waals surface area contributed by atoms with Gasteiger partial charge in [-0.15, -0.1) is 11.8 Å². The molecule has 0 unspecified atom stereocenters. The minimum atomic E-state index is -0.173. The molecule has 0 atom stereocenters. The average Bonchev–Trinajstić information content (AvgIpc) is 2.67. The fourth-order valence-corrected chi connectivity index (χ4v) is 3.19. The maximum absolute atomic E-state index is 12.7. The zero-order valence-corrected chi connectivity index (χ0v) is 15.3. The van der Waals surface area contributed by atoms with Gasteiger partial charge in [0.05, 0.1) is 5.56 Å². The van der Waals surface area contributed by atoms with Crippen LogP contribution in [0.3, 0.4) is 0 Å². The van der Waals surface area contributed by atoms with Gasteiger partial charge in [0.1, 0.15) is 16.5 Å². The third-order valence-corrected chi connectivity index (χ3v) is 4.74. The number of hydrogen-bond acceptors (Lipinski definition) is 4. The van der Waals surface area contributed by atoms with Gasteiger partial charge in [-0.1, -0.05) is 31.2 Å². The van der Waals surface area contributed by atoms with Crippen molar-refractivity contribution in [2.24, 2.45) is 0 Å². The molecule has 3 rings (SSSR count). The second-order valence-corrected chi connectivity index (χ2v) is 6.69. The first-order valence-corrected chi connectivity index (χ1v) is 9.47. The topological polar surface area (TPSA) is 51.2 Å². The van der Waals surface area contributed by atoms with E-state index < -0.39 is 0 Å². The van der Waals surface area contributed by atoms with Crippen molar-refractivity contribution in [1.82, 2.24) is 4.98 Å². The molecular formula is C21H20N2O2S. The van der Waals surface area contributed by atoms with Crippen LogP contribution < -0.4 is 10.1 Å². The van der Waals surface area contributed by atoms with Gasteiger partial charge in [-0.3, -0.25) is 4.79 Å². The molecule has 0 radical (unpaired) electrons. The van der Waals surface area contributed by atoms with Crippen LogP contribution in [0.15, 0.2) is 78.0 Å². The molecule has 26 heavy (non-hydrogen) atoms. The first kappa shape index (κ1) is 18.0. The normalized spacial score (nSPS) is 10.3. The summed E-state index contributed by atoms with van der Waals surface area (Å²) in [5.41, 5.74) is 1.26. The summed E-state index contributed by atoms with van der Waals surface area (Å²) in [5.74, 6) is 2.17. The summed E-state index contributed by atoms with van der Waals surface area (Å²) in [5, 5.41) is 3.68. The molecule has 0 saturated carbocycles. The van der Waals surface area contributed by atoms with Crippen molar-refractivity contribution in [1.29, 1.82) is 0 Å². The summed E-state index contributed by atoms with van der Waals surface area (Å²) in [4.78, 5) is 17.0. The third-order valence-electron chi connectivity index (χ3n) is 3.53. The van der Waals surface area contributed by atoms with Gasteiger partial charge < -0.3 is 10.1 Å². The number of amides is 1. The van der Waals surface area contributed by atoms with E-state index in [0.717, 1.165) is 22.9 Å². The number of carbonyl (C=O) groups is 1. The van der Waals surface area contributed by atoms with Crippen LogP contribution in [0.5, 0.6) is 11.5 Å². The van der Waals surface area contributed by atoms with Gasteiger partial charge >= 0.3 is 0 Å². The molecule has 0 aliphatic carbocycles. The predicted molar refractivity (Wildman–Crippen MR) is 106 cm³/mol. The van der Waals surface area contributed by atoms with Crippen LogP contribution in [-0.4, -0.2) is 16.6 Å². The molecule has 2 aromatic carbocycles. The van der Waals surface area contributed by atoms with E-state index in [1.165, 1.54) is 0 Å². The fraction of sp³-hybridized carbons (Fsp3) is 0.143. The Labute approximate surface area is 157 Å². The van der Waals surface area contributed by atoms with Gasteiger partial charge in [0.2, 0.25) is 0 Å². The maximum Gasteiger partial charge on any atom is 0.258 e. The quantitative estimate of drug-likeness (QED) is 0.552. The van der Waals surface area contributed by atoms with Gasteiger partial charge in [-0.25, -0.2) is 4.98 Å². The number of carbonyl (C=O) groups excluding carboxylic acids is 1. The lowest BCUT2D eigenvalue weighted by molar-refractivity contribution is 0.102. The number of aromatic nitrogens is 1. The molecule has 3 aromatic rings. The number of ether oxygens (including phenoxy) is 1. The Bertz CT molecular complexity index is 869. The number of anilines is 1. The highest BCUT2D eigenvalue weighted by Gasteiger charge is 2.13. The molecule has 0 aliphatic heterocycles. The number of rotatable bonds is 7. The lowest BCUT2D eigenvalue weighted by atomic mass is 10.2. The number of hydrogen-bond donors (Lipinski definition) is 1. The summed E-state index contributed by atoms with van der Waals surface area (Å²) >= 11 is 1.59. The lowest BCUT2D eigenvalue weighted by Crippen LogP contribution is -2.13. The average molecular weight is 364 g/mol. The highest BCUT2D eigenvalue weighted by Crippen LogP contribution is 2.25. The van der Waals surface area contributed by atoms with Crippen molar-refractivity contribution >= 4 is 23.4 Å². The van der Waals surface area contributed by atoms with Crippen molar-refractivity contribution in [2.75, 3.05) is 11.1 Å². The van der Waals surface area contributed by atoms with E-state index in [4.69, 9.17) is 4.74 Å². The molecule has 0 aliphatic rings. The van der Waals surface area contributed by atoms with Gasteiger partial charge in [0.15, 0.2) is 0 Å². The highest BCUT2D eigenvalue weighted by molar-refractivity contribution is 7.99. The number of pyridine rings is 1. The van der Waals surface area contributed by atoms with E-state index in [2.05, 4.69) is 17.2 Å². The molecule has 1 aromatic heterocycles. The minimum Gasteiger partial charge on any atom is -0.457 e. The van der Waals surface area contributed by atoms with E-state index in [0.29, 0.717) is 17.0 Å². The van der Waals surface area contributed by atoms with E-state index in [1.807, 2.05) is 48.5 Å². The number of benzene rings is 2. The summed E-state index contributed by atoms with van der Waals surface area (Å²) in [6, 6.07) is 20.5. The molecule has 5 heteroatoms. The van der Waals surface area contributed by atoms with E-state index in [-0.39, 0.29) is 5.91 Å². The molecule has 1 N–H and O–H groups in total. The first-order valence-electron chi connectivity index (χ1n) is 8.48. The zero-order chi connectivity index (χ0) is 18.2. The Balaban J connectivity index is 1.73. The molecule has 132 valence electrons. The van der Waals surface area contributed by atoms with Crippen LogP contribution in [-0.2, 0) is 0 Å². The SMILES string of the molecule is CCCSc1ncccc1C(=O)Nc1cccc(Oc2ccccc2)c1. The van der Waals surface area contributed by atoms with Crippen molar-refractivity contribution in [2.45, 2.75) is 18.4 Å². The Morgan fingerprint density at radius 2 is 1.85 bits per heavy atom. The second kappa shape index (κ2) is 9.06. The number of nitrogens with zero attached hydrogens (tertiary/aromatic N) is 1. The fourth-order valence-electron chi connectivity index (χ4n) is 2.34. The molecule has 0 saturated heterocycles. The van der Waals surface area contributed by atoms with Gasteiger partial charge in [0.25, 0.3) is 5.91 Å². The Morgan fingerprint density at radius 1 is 1.04 bits per heavy atom. The third kappa shape index (κ3) is 4.86. The van der Waals surface area contributed by atoms with Gasteiger partial charge in [-0.2, -0.15) is 0 Å². The largest absolute Gasteiger partial charge is 0.457 e. The van der Waals surface area contributed by atoms with E-state index >= 15 is 0 Å². The van der Waals surface area contributed by atoms with Crippen LogP contribution >= 0.6 is 11.8 Å². The van der Waals surface area contributed by atoms with Crippen LogP contribution in [0, 0.1) is 0 Å². The molecule has 1 heterocycles. The van der Waals surface area contributed by atoms with Crippen LogP contribution in [0.25, 0.3) is 0 Å². The Morgan fingerprint density at radius 3 is 2.65 bits per heavy atom. The summed E-state index contributed by atoms with van der Waals surface area (Å²) < 4.78 is 5.82. The standard InChI is InChI=1S/C21H20N2O2S/c1-2-14-26-21-19(12-7-13-22-21)20(24)23-16-8-6-11-18(15-16)25-17-9-4-3-5-10-17/h3-13,15H,2,14H2,1H3,(H,23,24). The molecular weight excluding hydrogens is 344 g/mol. The molecule has 0 spiro atoms. The van der Waals surface area contributed by atoms with Crippen LogP contribution in [0.2, 0.25) is 0 Å². The van der Waals surface area contributed by atoms with Crippen molar-refractivity contribution < 1.29 is 9.53 Å². The summed E-state index contributed by atoms with van der Waals surface area (Å²) in [6.45, 7) is 2.11. The number of thioether (sulfide) groups is 1. The van der Waals surface area contributed by atoms with Crippen LogP contribution in [0.4, 0.5) is 5.69 Å². The molecule has 1 amide bonds. The number of para-hydroxylation sites is 1. The van der Waals surface area contributed by atoms with Crippen molar-refractivity contribution in [3.8, 4) is 11.5 Å². The zero-order valence-electron chi connectivity index (χ0n) is 14.5. The Hall–Kier alpha value is -2.79.